The molecule has 132 valence electrons. The van der Waals surface area contributed by atoms with Crippen LogP contribution in [0, 0.1) is 0 Å². The molecule has 0 aromatic heterocycles. The Labute approximate surface area is 142 Å². The van der Waals surface area contributed by atoms with Crippen molar-refractivity contribution in [1.29, 1.82) is 0 Å². The van der Waals surface area contributed by atoms with E-state index in [9.17, 15) is 9.59 Å². The lowest BCUT2D eigenvalue weighted by Crippen LogP contribution is -2.54. The van der Waals surface area contributed by atoms with Crippen LogP contribution in [0.2, 0.25) is 0 Å². The van der Waals surface area contributed by atoms with Crippen LogP contribution in [0.25, 0.3) is 0 Å². The predicted octanol–water partition coefficient (Wildman–Crippen LogP) is 2.63. The molecule has 0 bridgehead atoms. The maximum atomic E-state index is 12.1. The van der Waals surface area contributed by atoms with Crippen molar-refractivity contribution in [1.82, 2.24) is 10.2 Å². The topological polar surface area (TPSA) is 78.9 Å². The van der Waals surface area contributed by atoms with Gasteiger partial charge in [-0.05, 0) is 24.9 Å². The van der Waals surface area contributed by atoms with Gasteiger partial charge in [-0.1, -0.05) is 50.1 Å². The molecule has 0 heterocycles. The van der Waals surface area contributed by atoms with Gasteiger partial charge in [-0.2, -0.15) is 0 Å². The van der Waals surface area contributed by atoms with Crippen LogP contribution in [0.3, 0.4) is 0 Å². The molecule has 1 aromatic carbocycles. The van der Waals surface area contributed by atoms with Crippen LogP contribution in [-0.4, -0.2) is 47.2 Å². The monoisotopic (exact) mass is 334 g/mol. The molecular weight excluding hydrogens is 308 g/mol. The summed E-state index contributed by atoms with van der Waals surface area (Å²) in [5.41, 5.74) is 0.939. The summed E-state index contributed by atoms with van der Waals surface area (Å²) in [7, 11) is 0. The van der Waals surface area contributed by atoms with E-state index in [1.54, 1.807) is 0 Å². The number of hydrogen-bond acceptors (Lipinski definition) is 4. The molecule has 2 atom stereocenters. The standard InChI is InChI=1S/C18H26N2O4/c1-2-20(12-17(21)22)16-11-7-6-10-15(16)19-18(23)24-13-14-8-4-3-5-9-14/h3-5,8-9,15-16H,2,6-7,10-13H2,1H3,(H,19,23)(H,21,22). The molecule has 0 aliphatic heterocycles. The summed E-state index contributed by atoms with van der Waals surface area (Å²) < 4.78 is 5.29. The fourth-order valence-corrected chi connectivity index (χ4v) is 3.27. The highest BCUT2D eigenvalue weighted by Crippen LogP contribution is 2.23. The van der Waals surface area contributed by atoms with E-state index in [-0.39, 0.29) is 25.2 Å². The lowest BCUT2D eigenvalue weighted by Gasteiger charge is -2.38. The fraction of sp³-hybridized carbons (Fsp3) is 0.556. The summed E-state index contributed by atoms with van der Waals surface area (Å²) in [4.78, 5) is 25.1. The van der Waals surface area contributed by atoms with Gasteiger partial charge in [0.15, 0.2) is 0 Å². The number of likely N-dealkylation sites (N-methyl/N-ethyl adjacent to an activating group) is 1. The first kappa shape index (κ1) is 18.3. The molecule has 1 saturated carbocycles. The number of carboxylic acid groups (broad SMARTS) is 1. The van der Waals surface area contributed by atoms with Crippen molar-refractivity contribution < 1.29 is 19.4 Å². The molecule has 0 saturated heterocycles. The number of alkyl carbamates (subject to hydrolysis) is 1. The zero-order chi connectivity index (χ0) is 17.4. The molecule has 0 spiro atoms. The van der Waals surface area contributed by atoms with Gasteiger partial charge in [0.25, 0.3) is 0 Å². The van der Waals surface area contributed by atoms with Crippen molar-refractivity contribution in [3.63, 3.8) is 0 Å². The molecule has 0 radical (unpaired) electrons. The lowest BCUT2D eigenvalue weighted by atomic mass is 9.89. The normalized spacial score (nSPS) is 20.6. The third-order valence-electron chi connectivity index (χ3n) is 4.46. The Bertz CT molecular complexity index is 535. The van der Waals surface area contributed by atoms with E-state index in [4.69, 9.17) is 9.84 Å². The molecule has 6 heteroatoms. The Kier molecular flexibility index (Phi) is 7.06. The van der Waals surface area contributed by atoms with Crippen LogP contribution in [0.1, 0.15) is 38.2 Å². The highest BCUT2D eigenvalue weighted by Gasteiger charge is 2.31. The molecule has 1 aromatic rings. The largest absolute Gasteiger partial charge is 0.480 e. The Morgan fingerprint density at radius 2 is 1.96 bits per heavy atom. The van der Waals surface area contributed by atoms with Crippen molar-refractivity contribution in [3.05, 3.63) is 35.9 Å². The molecule has 2 rings (SSSR count). The number of carbonyl (C=O) groups excluding carboxylic acids is 1. The molecule has 1 amide bonds. The van der Waals surface area contributed by atoms with Crippen molar-refractivity contribution >= 4 is 12.1 Å². The van der Waals surface area contributed by atoms with Crippen molar-refractivity contribution in [3.8, 4) is 0 Å². The van der Waals surface area contributed by atoms with Gasteiger partial charge in [0, 0.05) is 12.1 Å². The second kappa shape index (κ2) is 9.27. The first-order valence-electron chi connectivity index (χ1n) is 8.53. The summed E-state index contributed by atoms with van der Waals surface area (Å²) in [5.74, 6) is -0.840. The summed E-state index contributed by atoms with van der Waals surface area (Å²) in [6.07, 6.45) is 3.39. The number of benzene rings is 1. The van der Waals surface area contributed by atoms with Crippen LogP contribution < -0.4 is 5.32 Å². The first-order valence-corrected chi connectivity index (χ1v) is 8.53. The number of hydrogen-bond donors (Lipinski definition) is 2. The Morgan fingerprint density at radius 1 is 1.25 bits per heavy atom. The lowest BCUT2D eigenvalue weighted by molar-refractivity contribution is -0.139. The zero-order valence-electron chi connectivity index (χ0n) is 14.1. The molecule has 6 nitrogen and oxygen atoms in total. The van der Waals surface area contributed by atoms with Gasteiger partial charge >= 0.3 is 12.1 Å². The number of nitrogens with one attached hydrogen (secondary N) is 1. The van der Waals surface area contributed by atoms with Crippen LogP contribution in [0.4, 0.5) is 4.79 Å². The molecule has 2 N–H and O–H groups in total. The number of carboxylic acids is 1. The van der Waals surface area contributed by atoms with Crippen LogP contribution >= 0.6 is 0 Å². The van der Waals surface area contributed by atoms with Crippen LogP contribution in [-0.2, 0) is 16.1 Å². The SMILES string of the molecule is CCN(CC(=O)O)C1CCCCC1NC(=O)OCc1ccccc1. The van der Waals surface area contributed by atoms with Gasteiger partial charge in [-0.3, -0.25) is 9.69 Å². The Balaban J connectivity index is 1.89. The minimum absolute atomic E-state index is 0.00158. The maximum absolute atomic E-state index is 12.1. The Morgan fingerprint density at radius 3 is 2.62 bits per heavy atom. The molecule has 24 heavy (non-hydrogen) atoms. The number of rotatable bonds is 7. The third kappa shape index (κ3) is 5.53. The van der Waals surface area contributed by atoms with Crippen molar-refractivity contribution in [2.24, 2.45) is 0 Å². The molecule has 1 aliphatic carbocycles. The van der Waals surface area contributed by atoms with Crippen LogP contribution in [0.5, 0.6) is 0 Å². The smallest absolute Gasteiger partial charge is 0.407 e. The summed E-state index contributed by atoms with van der Waals surface area (Å²) in [5, 5.41) is 12.0. The van der Waals surface area contributed by atoms with Gasteiger partial charge in [-0.25, -0.2) is 4.79 Å². The first-order chi connectivity index (χ1) is 11.6. The number of ether oxygens (including phenoxy) is 1. The minimum atomic E-state index is -0.840. The van der Waals surface area contributed by atoms with E-state index in [2.05, 4.69) is 5.32 Å². The summed E-state index contributed by atoms with van der Waals surface area (Å²) in [6.45, 7) is 2.83. The summed E-state index contributed by atoms with van der Waals surface area (Å²) in [6, 6.07) is 9.51. The molecule has 1 fully saturated rings. The maximum Gasteiger partial charge on any atom is 0.407 e. The van der Waals surface area contributed by atoms with E-state index in [1.165, 1.54) is 0 Å². The average molecular weight is 334 g/mol. The van der Waals surface area contributed by atoms with Gasteiger partial charge in [0.2, 0.25) is 0 Å². The van der Waals surface area contributed by atoms with Crippen molar-refractivity contribution in [2.45, 2.75) is 51.3 Å². The zero-order valence-corrected chi connectivity index (χ0v) is 14.1. The van der Waals surface area contributed by atoms with Gasteiger partial charge in [-0.15, -0.1) is 0 Å². The highest BCUT2D eigenvalue weighted by molar-refractivity contribution is 5.69. The van der Waals surface area contributed by atoms with Gasteiger partial charge in [0.1, 0.15) is 6.61 Å². The number of aliphatic carboxylic acids is 1. The number of nitrogens with zero attached hydrogens (tertiary/aromatic N) is 1. The van der Waals surface area contributed by atoms with E-state index in [0.717, 1.165) is 31.2 Å². The van der Waals surface area contributed by atoms with Crippen molar-refractivity contribution in [2.75, 3.05) is 13.1 Å². The second-order valence-corrected chi connectivity index (χ2v) is 6.12. The average Bonchev–Trinajstić information content (AvgIpc) is 2.59. The third-order valence-corrected chi connectivity index (χ3v) is 4.46. The van der Waals surface area contributed by atoms with E-state index >= 15 is 0 Å². The van der Waals surface area contributed by atoms with Gasteiger partial charge in [0.05, 0.1) is 6.54 Å². The quantitative estimate of drug-likeness (QED) is 0.801. The minimum Gasteiger partial charge on any atom is -0.480 e. The van der Waals surface area contributed by atoms with E-state index in [0.29, 0.717) is 6.54 Å². The molecular formula is C18H26N2O4. The fourth-order valence-electron chi connectivity index (χ4n) is 3.27. The van der Waals surface area contributed by atoms with Crippen LogP contribution in [0.15, 0.2) is 30.3 Å². The highest BCUT2D eigenvalue weighted by atomic mass is 16.5. The van der Waals surface area contributed by atoms with Gasteiger partial charge < -0.3 is 15.2 Å². The predicted molar refractivity (Wildman–Crippen MR) is 90.7 cm³/mol. The summed E-state index contributed by atoms with van der Waals surface area (Å²) >= 11 is 0. The number of amides is 1. The molecule has 1 aliphatic rings. The Hall–Kier alpha value is -2.08. The molecule has 2 unspecified atom stereocenters. The van der Waals surface area contributed by atoms with E-state index < -0.39 is 12.1 Å². The van der Waals surface area contributed by atoms with E-state index in [1.807, 2.05) is 42.2 Å². The second-order valence-electron chi connectivity index (χ2n) is 6.12. The number of carbonyl (C=O) groups is 2.